The Morgan fingerprint density at radius 1 is 0.939 bits per heavy atom. The van der Waals surface area contributed by atoms with Gasteiger partial charge >= 0.3 is 0 Å². The standard InChI is InChI=1S/C24H20N2O7/c1-30-21-9-15(10-22(31-2)23(21)32-3)24(27)25-18-11-16(26(28)29)12-20-17(18)13-19(33-20)14-7-5-4-6-8-14/h4-13H,1-3H3,(H,25,27). The summed E-state index contributed by atoms with van der Waals surface area (Å²) in [7, 11) is 4.35. The van der Waals surface area contributed by atoms with Crippen LogP contribution in [0.2, 0.25) is 0 Å². The summed E-state index contributed by atoms with van der Waals surface area (Å²) in [5.41, 5.74) is 1.33. The van der Waals surface area contributed by atoms with Crippen LogP contribution in [0.3, 0.4) is 0 Å². The van der Waals surface area contributed by atoms with Crippen molar-refractivity contribution in [1.29, 1.82) is 0 Å². The lowest BCUT2D eigenvalue weighted by Gasteiger charge is -2.14. The smallest absolute Gasteiger partial charge is 0.275 e. The van der Waals surface area contributed by atoms with E-state index in [0.717, 1.165) is 5.56 Å². The SMILES string of the molecule is COc1cc(C(=O)Nc2cc([N+](=O)[O-])cc3oc(-c4ccccc4)cc23)cc(OC)c1OC. The van der Waals surface area contributed by atoms with Crippen molar-refractivity contribution in [3.05, 3.63) is 76.3 Å². The molecule has 1 aromatic heterocycles. The first-order chi connectivity index (χ1) is 15.9. The molecule has 1 N–H and O–H groups in total. The van der Waals surface area contributed by atoms with E-state index in [0.29, 0.717) is 28.4 Å². The van der Waals surface area contributed by atoms with Crippen LogP contribution in [-0.4, -0.2) is 32.2 Å². The zero-order valence-corrected chi connectivity index (χ0v) is 18.1. The maximum absolute atomic E-state index is 13.1. The number of anilines is 1. The highest BCUT2D eigenvalue weighted by Crippen LogP contribution is 2.39. The predicted octanol–water partition coefficient (Wildman–Crippen LogP) is 5.29. The maximum atomic E-state index is 13.1. The van der Waals surface area contributed by atoms with Gasteiger partial charge in [-0.3, -0.25) is 14.9 Å². The number of nitro groups is 1. The monoisotopic (exact) mass is 448 g/mol. The highest BCUT2D eigenvalue weighted by atomic mass is 16.6. The van der Waals surface area contributed by atoms with Crippen molar-refractivity contribution in [3.8, 4) is 28.6 Å². The van der Waals surface area contributed by atoms with Crippen molar-refractivity contribution in [1.82, 2.24) is 0 Å². The molecule has 0 aliphatic rings. The van der Waals surface area contributed by atoms with Crippen LogP contribution in [0.1, 0.15) is 10.4 Å². The fourth-order valence-corrected chi connectivity index (χ4v) is 3.48. The first-order valence-corrected chi connectivity index (χ1v) is 9.84. The van der Waals surface area contributed by atoms with Gasteiger partial charge in [-0.25, -0.2) is 0 Å². The number of hydrogen-bond donors (Lipinski definition) is 1. The zero-order valence-electron chi connectivity index (χ0n) is 18.1. The van der Waals surface area contributed by atoms with Gasteiger partial charge in [-0.05, 0) is 18.2 Å². The second-order valence-corrected chi connectivity index (χ2v) is 7.01. The summed E-state index contributed by atoms with van der Waals surface area (Å²) in [5, 5.41) is 14.7. The number of carbonyl (C=O) groups excluding carboxylic acids is 1. The molecule has 0 bridgehead atoms. The van der Waals surface area contributed by atoms with E-state index >= 15 is 0 Å². The zero-order chi connectivity index (χ0) is 23.5. The number of amides is 1. The molecule has 33 heavy (non-hydrogen) atoms. The molecular formula is C24H20N2O7. The van der Waals surface area contributed by atoms with Crippen molar-refractivity contribution in [3.63, 3.8) is 0 Å². The van der Waals surface area contributed by atoms with Crippen LogP contribution in [0.4, 0.5) is 11.4 Å². The maximum Gasteiger partial charge on any atom is 0.275 e. The van der Waals surface area contributed by atoms with Crippen LogP contribution >= 0.6 is 0 Å². The lowest BCUT2D eigenvalue weighted by molar-refractivity contribution is -0.384. The molecule has 4 aromatic rings. The molecule has 0 atom stereocenters. The number of nitrogens with zero attached hydrogens (tertiary/aromatic N) is 1. The Morgan fingerprint density at radius 2 is 1.61 bits per heavy atom. The molecule has 0 saturated carbocycles. The molecule has 0 aliphatic heterocycles. The molecule has 9 heteroatoms. The van der Waals surface area contributed by atoms with E-state index in [2.05, 4.69) is 5.32 Å². The number of non-ortho nitro benzene ring substituents is 1. The van der Waals surface area contributed by atoms with E-state index in [4.69, 9.17) is 18.6 Å². The third-order valence-electron chi connectivity index (χ3n) is 5.07. The molecule has 0 fully saturated rings. The van der Waals surface area contributed by atoms with Gasteiger partial charge in [0.25, 0.3) is 11.6 Å². The molecule has 0 radical (unpaired) electrons. The van der Waals surface area contributed by atoms with Gasteiger partial charge < -0.3 is 23.9 Å². The van der Waals surface area contributed by atoms with Crippen molar-refractivity contribution in [2.75, 3.05) is 26.6 Å². The van der Waals surface area contributed by atoms with Crippen LogP contribution in [-0.2, 0) is 0 Å². The topological polar surface area (TPSA) is 113 Å². The van der Waals surface area contributed by atoms with Crippen molar-refractivity contribution >= 4 is 28.3 Å². The Hall–Kier alpha value is -4.53. The molecule has 0 spiro atoms. The first kappa shape index (κ1) is 21.7. The highest BCUT2D eigenvalue weighted by molar-refractivity contribution is 6.10. The van der Waals surface area contributed by atoms with E-state index in [1.165, 1.54) is 45.6 Å². The van der Waals surface area contributed by atoms with Crippen LogP contribution in [0, 0.1) is 10.1 Å². The number of fused-ring (bicyclic) bond motifs is 1. The highest BCUT2D eigenvalue weighted by Gasteiger charge is 2.21. The predicted molar refractivity (Wildman–Crippen MR) is 122 cm³/mol. The molecule has 9 nitrogen and oxygen atoms in total. The molecule has 1 amide bonds. The molecule has 4 rings (SSSR count). The average Bonchev–Trinajstić information content (AvgIpc) is 3.28. The largest absolute Gasteiger partial charge is 0.493 e. The minimum absolute atomic E-state index is 0.211. The summed E-state index contributed by atoms with van der Waals surface area (Å²) in [4.78, 5) is 24.0. The van der Waals surface area contributed by atoms with E-state index < -0.39 is 10.8 Å². The summed E-state index contributed by atoms with van der Waals surface area (Å²) < 4.78 is 21.8. The number of carbonyl (C=O) groups is 1. The Kier molecular flexibility index (Phi) is 5.86. The number of hydrogen-bond acceptors (Lipinski definition) is 7. The van der Waals surface area contributed by atoms with Gasteiger partial charge in [0.05, 0.1) is 38.0 Å². The van der Waals surface area contributed by atoms with Crippen LogP contribution in [0.5, 0.6) is 17.2 Å². The Labute approximate surface area is 188 Å². The fourth-order valence-electron chi connectivity index (χ4n) is 3.48. The minimum Gasteiger partial charge on any atom is -0.493 e. The number of nitrogens with one attached hydrogen (secondary N) is 1. The van der Waals surface area contributed by atoms with E-state index in [-0.39, 0.29) is 22.5 Å². The van der Waals surface area contributed by atoms with Crippen LogP contribution in [0.15, 0.2) is 65.1 Å². The number of ether oxygens (including phenoxy) is 3. The molecule has 0 saturated heterocycles. The van der Waals surface area contributed by atoms with E-state index in [9.17, 15) is 14.9 Å². The molecule has 3 aromatic carbocycles. The lowest BCUT2D eigenvalue weighted by Crippen LogP contribution is -2.13. The molecule has 0 unspecified atom stereocenters. The van der Waals surface area contributed by atoms with Crippen molar-refractivity contribution in [2.24, 2.45) is 0 Å². The number of rotatable bonds is 7. The summed E-state index contributed by atoms with van der Waals surface area (Å²) >= 11 is 0. The van der Waals surface area contributed by atoms with E-state index in [1.807, 2.05) is 30.3 Å². The number of furan rings is 1. The number of benzene rings is 3. The van der Waals surface area contributed by atoms with Gasteiger partial charge in [-0.1, -0.05) is 30.3 Å². The second kappa shape index (κ2) is 8.91. The van der Waals surface area contributed by atoms with Gasteiger partial charge in [0, 0.05) is 22.6 Å². The quantitative estimate of drug-likeness (QED) is 0.302. The van der Waals surface area contributed by atoms with Gasteiger partial charge in [0.1, 0.15) is 11.3 Å². The summed E-state index contributed by atoms with van der Waals surface area (Å²) in [6.07, 6.45) is 0. The second-order valence-electron chi connectivity index (χ2n) is 7.01. The van der Waals surface area contributed by atoms with Crippen LogP contribution in [0.25, 0.3) is 22.3 Å². The lowest BCUT2D eigenvalue weighted by atomic mass is 10.1. The van der Waals surface area contributed by atoms with Gasteiger partial charge in [-0.15, -0.1) is 0 Å². The van der Waals surface area contributed by atoms with Crippen molar-refractivity contribution < 1.29 is 28.3 Å². The summed E-state index contributed by atoms with van der Waals surface area (Å²) in [6.45, 7) is 0. The Morgan fingerprint density at radius 3 is 2.18 bits per heavy atom. The molecule has 0 aliphatic carbocycles. The van der Waals surface area contributed by atoms with Gasteiger partial charge in [0.2, 0.25) is 5.75 Å². The summed E-state index contributed by atoms with van der Waals surface area (Å²) in [6, 6.07) is 16.7. The number of methoxy groups -OCH3 is 3. The first-order valence-electron chi connectivity index (χ1n) is 9.84. The van der Waals surface area contributed by atoms with Crippen LogP contribution < -0.4 is 19.5 Å². The third-order valence-corrected chi connectivity index (χ3v) is 5.07. The summed E-state index contributed by atoms with van der Waals surface area (Å²) in [5.74, 6) is 0.964. The number of nitro benzene ring substituents is 1. The van der Waals surface area contributed by atoms with E-state index in [1.54, 1.807) is 6.07 Å². The molecule has 1 heterocycles. The van der Waals surface area contributed by atoms with Gasteiger partial charge in [0.15, 0.2) is 11.5 Å². The Bertz CT molecular complexity index is 1320. The average molecular weight is 448 g/mol. The normalized spacial score (nSPS) is 10.6. The van der Waals surface area contributed by atoms with Crippen molar-refractivity contribution in [2.45, 2.75) is 0 Å². The minimum atomic E-state index is -0.542. The Balaban J connectivity index is 1.78. The molecular weight excluding hydrogens is 428 g/mol. The third kappa shape index (κ3) is 4.16. The fraction of sp³-hybridized carbons (Fsp3) is 0.125. The molecule has 168 valence electrons. The van der Waals surface area contributed by atoms with Gasteiger partial charge in [-0.2, -0.15) is 0 Å².